The summed E-state index contributed by atoms with van der Waals surface area (Å²) in [5, 5.41) is 0. The van der Waals surface area contributed by atoms with Crippen LogP contribution in [0.4, 0.5) is 5.95 Å². The van der Waals surface area contributed by atoms with Gasteiger partial charge in [0.1, 0.15) is 5.69 Å². The molecule has 0 N–H and O–H groups in total. The van der Waals surface area contributed by atoms with Crippen LogP contribution in [0.2, 0.25) is 0 Å². The zero-order chi connectivity index (χ0) is 12.3. The lowest BCUT2D eigenvalue weighted by Crippen LogP contribution is -2.29. The van der Waals surface area contributed by atoms with Gasteiger partial charge in [0.2, 0.25) is 11.7 Å². The molecule has 0 radical (unpaired) electrons. The maximum atomic E-state index is 5.36. The van der Waals surface area contributed by atoms with Crippen LogP contribution in [-0.2, 0) is 15.3 Å². The molecule has 0 aliphatic carbocycles. The normalized spacial score (nSPS) is 16.5. The Morgan fingerprint density at radius 2 is 1.88 bits per heavy atom. The van der Waals surface area contributed by atoms with Crippen molar-refractivity contribution in [2.75, 3.05) is 32.2 Å². The highest BCUT2D eigenvalue weighted by Crippen LogP contribution is 2.25. The van der Waals surface area contributed by atoms with Crippen LogP contribution < -0.4 is 4.90 Å². The van der Waals surface area contributed by atoms with E-state index in [1.54, 1.807) is 20.4 Å². The van der Waals surface area contributed by atoms with E-state index in [4.69, 9.17) is 9.47 Å². The van der Waals surface area contributed by atoms with Gasteiger partial charge in [-0.2, -0.15) is 0 Å². The van der Waals surface area contributed by atoms with Crippen molar-refractivity contribution in [3.63, 3.8) is 0 Å². The zero-order valence-corrected chi connectivity index (χ0v) is 10.6. The van der Waals surface area contributed by atoms with E-state index in [9.17, 15) is 0 Å². The predicted octanol–water partition coefficient (Wildman–Crippen LogP) is 1.54. The van der Waals surface area contributed by atoms with E-state index in [0.29, 0.717) is 0 Å². The van der Waals surface area contributed by atoms with E-state index in [-0.39, 0.29) is 0 Å². The summed E-state index contributed by atoms with van der Waals surface area (Å²) in [6.07, 6.45) is 4.17. The number of hydrogen-bond acceptors (Lipinski definition) is 5. The van der Waals surface area contributed by atoms with Crippen molar-refractivity contribution in [3.05, 3.63) is 18.0 Å². The molecule has 0 atom stereocenters. The molecule has 94 valence electrons. The first-order valence-electron chi connectivity index (χ1n) is 5.88. The summed E-state index contributed by atoms with van der Waals surface area (Å²) >= 11 is 0. The van der Waals surface area contributed by atoms with Crippen LogP contribution in [-0.4, -0.2) is 37.3 Å². The quantitative estimate of drug-likeness (QED) is 0.743. The lowest BCUT2D eigenvalue weighted by atomic mass is 10.2. The maximum Gasteiger partial charge on any atom is 0.225 e. The topological polar surface area (TPSA) is 47.5 Å². The summed E-state index contributed by atoms with van der Waals surface area (Å²) in [7, 11) is 3.22. The SMILES string of the molecule is COC(C)(OC)c1ccnc(N2CCCC2)n1. The molecule has 0 unspecified atom stereocenters. The van der Waals surface area contributed by atoms with E-state index < -0.39 is 5.79 Å². The molecule has 5 nitrogen and oxygen atoms in total. The van der Waals surface area contributed by atoms with E-state index in [0.717, 1.165) is 24.7 Å². The number of methoxy groups -OCH3 is 2. The van der Waals surface area contributed by atoms with Gasteiger partial charge in [-0.15, -0.1) is 0 Å². The molecule has 1 aromatic heterocycles. The first-order chi connectivity index (χ1) is 8.19. The summed E-state index contributed by atoms with van der Waals surface area (Å²) in [6.45, 7) is 3.91. The van der Waals surface area contributed by atoms with E-state index >= 15 is 0 Å². The predicted molar refractivity (Wildman–Crippen MR) is 64.8 cm³/mol. The van der Waals surface area contributed by atoms with Crippen LogP contribution in [0.15, 0.2) is 12.3 Å². The number of nitrogens with zero attached hydrogens (tertiary/aromatic N) is 3. The standard InChI is InChI=1S/C12H19N3O2/c1-12(16-2,17-3)10-6-7-13-11(14-10)15-8-4-5-9-15/h6-7H,4-5,8-9H2,1-3H3. The van der Waals surface area contributed by atoms with Crippen LogP contribution in [0.5, 0.6) is 0 Å². The van der Waals surface area contributed by atoms with Crippen LogP contribution >= 0.6 is 0 Å². The fourth-order valence-electron chi connectivity index (χ4n) is 1.96. The molecule has 1 aliphatic rings. The average molecular weight is 237 g/mol. The van der Waals surface area contributed by atoms with Gasteiger partial charge in [-0.25, -0.2) is 9.97 Å². The zero-order valence-electron chi connectivity index (χ0n) is 10.6. The molecule has 0 aromatic carbocycles. The summed E-state index contributed by atoms with van der Waals surface area (Å²) < 4.78 is 10.7. The highest BCUT2D eigenvalue weighted by atomic mass is 16.7. The number of rotatable bonds is 4. The third kappa shape index (κ3) is 2.40. The Bertz CT molecular complexity index is 374. The van der Waals surface area contributed by atoms with Crippen LogP contribution in [0.1, 0.15) is 25.5 Å². The second kappa shape index (κ2) is 4.98. The van der Waals surface area contributed by atoms with Gasteiger partial charge >= 0.3 is 0 Å². The molecular weight excluding hydrogens is 218 g/mol. The minimum absolute atomic E-state index is 0.749. The van der Waals surface area contributed by atoms with Gasteiger partial charge in [-0.05, 0) is 25.8 Å². The monoisotopic (exact) mass is 237 g/mol. The maximum absolute atomic E-state index is 5.36. The molecule has 0 bridgehead atoms. The Labute approximate surface area is 102 Å². The van der Waals surface area contributed by atoms with Gasteiger partial charge in [-0.1, -0.05) is 0 Å². The fourth-order valence-corrected chi connectivity index (χ4v) is 1.96. The van der Waals surface area contributed by atoms with Gasteiger partial charge in [-0.3, -0.25) is 0 Å². The van der Waals surface area contributed by atoms with E-state index in [1.165, 1.54) is 12.8 Å². The molecule has 17 heavy (non-hydrogen) atoms. The molecule has 1 fully saturated rings. The average Bonchev–Trinajstić information content (AvgIpc) is 2.92. The first-order valence-corrected chi connectivity index (χ1v) is 5.88. The second-order valence-electron chi connectivity index (χ2n) is 4.29. The highest BCUT2D eigenvalue weighted by molar-refractivity contribution is 5.32. The molecule has 0 spiro atoms. The Morgan fingerprint density at radius 3 is 2.47 bits per heavy atom. The molecule has 1 aromatic rings. The summed E-state index contributed by atoms with van der Waals surface area (Å²) in [5.41, 5.74) is 0.749. The van der Waals surface area contributed by atoms with Gasteiger partial charge < -0.3 is 14.4 Å². The highest BCUT2D eigenvalue weighted by Gasteiger charge is 2.28. The third-order valence-electron chi connectivity index (χ3n) is 3.28. The summed E-state index contributed by atoms with van der Waals surface area (Å²) in [5.74, 6) is -0.0439. The van der Waals surface area contributed by atoms with Gasteiger partial charge in [0, 0.05) is 33.5 Å². The molecule has 5 heteroatoms. The van der Waals surface area contributed by atoms with Crippen molar-refractivity contribution in [1.29, 1.82) is 0 Å². The third-order valence-corrected chi connectivity index (χ3v) is 3.28. The number of aromatic nitrogens is 2. The smallest absolute Gasteiger partial charge is 0.225 e. The molecule has 0 saturated carbocycles. The van der Waals surface area contributed by atoms with E-state index in [2.05, 4.69) is 14.9 Å². The van der Waals surface area contributed by atoms with Crippen molar-refractivity contribution in [3.8, 4) is 0 Å². The van der Waals surface area contributed by atoms with Crippen molar-refractivity contribution in [2.45, 2.75) is 25.6 Å². The lowest BCUT2D eigenvalue weighted by molar-refractivity contribution is -0.204. The minimum atomic E-state index is -0.808. The lowest BCUT2D eigenvalue weighted by Gasteiger charge is -2.26. The molecule has 1 aliphatic heterocycles. The molecule has 1 saturated heterocycles. The van der Waals surface area contributed by atoms with Crippen LogP contribution in [0.3, 0.4) is 0 Å². The summed E-state index contributed by atoms with van der Waals surface area (Å²) in [6, 6.07) is 1.83. The minimum Gasteiger partial charge on any atom is -0.348 e. The van der Waals surface area contributed by atoms with Crippen molar-refractivity contribution >= 4 is 5.95 Å². The molecule has 2 rings (SSSR count). The Balaban J connectivity index is 2.27. The van der Waals surface area contributed by atoms with E-state index in [1.807, 2.05) is 13.0 Å². The fraction of sp³-hybridized carbons (Fsp3) is 0.667. The summed E-state index contributed by atoms with van der Waals surface area (Å²) in [4.78, 5) is 11.0. The Kier molecular flexibility index (Phi) is 3.59. The van der Waals surface area contributed by atoms with Crippen LogP contribution in [0.25, 0.3) is 0 Å². The second-order valence-corrected chi connectivity index (χ2v) is 4.29. The number of anilines is 1. The number of ether oxygens (including phenoxy) is 2. The Hall–Kier alpha value is -1.20. The van der Waals surface area contributed by atoms with Gasteiger partial charge in [0.15, 0.2) is 0 Å². The number of hydrogen-bond donors (Lipinski definition) is 0. The largest absolute Gasteiger partial charge is 0.348 e. The molecule has 2 heterocycles. The first kappa shape index (κ1) is 12.3. The van der Waals surface area contributed by atoms with Crippen molar-refractivity contribution in [1.82, 2.24) is 9.97 Å². The van der Waals surface area contributed by atoms with Crippen molar-refractivity contribution in [2.24, 2.45) is 0 Å². The van der Waals surface area contributed by atoms with Crippen molar-refractivity contribution < 1.29 is 9.47 Å². The molecular formula is C12H19N3O2. The van der Waals surface area contributed by atoms with Gasteiger partial charge in [0.25, 0.3) is 0 Å². The molecule has 0 amide bonds. The Morgan fingerprint density at radius 1 is 1.24 bits per heavy atom. The van der Waals surface area contributed by atoms with Gasteiger partial charge in [0.05, 0.1) is 0 Å². The van der Waals surface area contributed by atoms with Crippen LogP contribution in [0, 0.1) is 0 Å².